The highest BCUT2D eigenvalue weighted by molar-refractivity contribution is 6.30. The lowest BCUT2D eigenvalue weighted by molar-refractivity contribution is -0.00268. The van der Waals surface area contributed by atoms with Crippen LogP contribution in [0.5, 0.6) is 0 Å². The molecule has 148 valence electrons. The number of benzene rings is 2. The van der Waals surface area contributed by atoms with Crippen molar-refractivity contribution in [2.45, 2.75) is 19.3 Å². The van der Waals surface area contributed by atoms with E-state index >= 15 is 0 Å². The third kappa shape index (κ3) is 3.23. The van der Waals surface area contributed by atoms with Crippen LogP contribution in [0.3, 0.4) is 0 Å². The highest BCUT2D eigenvalue weighted by Crippen LogP contribution is 2.33. The first-order valence-electron chi connectivity index (χ1n) is 9.55. The molecule has 1 saturated heterocycles. The van der Waals surface area contributed by atoms with Crippen LogP contribution in [-0.4, -0.2) is 35.5 Å². The number of fused-ring (bicyclic) bond motifs is 3. The van der Waals surface area contributed by atoms with Gasteiger partial charge in [-0.1, -0.05) is 23.7 Å². The smallest absolute Gasteiger partial charge is 0.254 e. The van der Waals surface area contributed by atoms with Gasteiger partial charge in [0, 0.05) is 28.1 Å². The number of halogens is 1. The van der Waals surface area contributed by atoms with Crippen LogP contribution in [-0.2, 0) is 22.7 Å². The van der Waals surface area contributed by atoms with Crippen molar-refractivity contribution in [2.24, 2.45) is 0 Å². The highest BCUT2D eigenvalue weighted by atomic mass is 35.5. The maximum absolute atomic E-state index is 13.4. The number of nitrogens with two attached hydrogens (primary N) is 1. The van der Waals surface area contributed by atoms with Crippen LogP contribution in [0.15, 0.2) is 42.5 Å². The molecular formula is C22H20ClN3O3. The first-order chi connectivity index (χ1) is 14.1. The second-order valence-corrected chi connectivity index (χ2v) is 7.76. The number of nitrogen functional groups attached to an aromatic ring is 1. The predicted molar refractivity (Wildman–Crippen MR) is 111 cm³/mol. The van der Waals surface area contributed by atoms with Crippen molar-refractivity contribution in [3.8, 4) is 0 Å². The van der Waals surface area contributed by atoms with Crippen molar-refractivity contribution in [3.05, 3.63) is 69.7 Å². The molecule has 6 nitrogen and oxygen atoms in total. The fourth-order valence-electron chi connectivity index (χ4n) is 4.08. The van der Waals surface area contributed by atoms with Crippen LogP contribution < -0.4 is 5.73 Å². The standard InChI is InChI=1S/C22H20ClN3O3/c23-15-4-1-13(2-5-15)20-12-28-8-7-26(20)22(27)14-3-6-19-16(9-14)17-10-29-11-18(17)21(24)25-19/h1-6,9,20H,7-8,10-12H2,(H2,24,25)/t20-/m1/s1. The number of amides is 1. The molecule has 0 aliphatic carbocycles. The number of anilines is 1. The van der Waals surface area contributed by atoms with Crippen LogP contribution in [0.1, 0.15) is 33.1 Å². The van der Waals surface area contributed by atoms with Crippen molar-refractivity contribution < 1.29 is 14.3 Å². The number of carbonyl (C=O) groups is 1. The average Bonchev–Trinajstić information content (AvgIpc) is 3.25. The van der Waals surface area contributed by atoms with Crippen LogP contribution in [0.25, 0.3) is 10.9 Å². The van der Waals surface area contributed by atoms with E-state index in [1.807, 2.05) is 47.4 Å². The molecule has 1 fully saturated rings. The van der Waals surface area contributed by atoms with Gasteiger partial charge in [-0.25, -0.2) is 4.98 Å². The highest BCUT2D eigenvalue weighted by Gasteiger charge is 2.30. The lowest BCUT2D eigenvalue weighted by atomic mass is 10.0. The molecule has 3 aromatic rings. The maximum Gasteiger partial charge on any atom is 0.254 e. The van der Waals surface area contributed by atoms with Gasteiger partial charge in [-0.3, -0.25) is 4.79 Å². The van der Waals surface area contributed by atoms with E-state index in [0.717, 1.165) is 27.6 Å². The van der Waals surface area contributed by atoms with Crippen molar-refractivity contribution in [3.63, 3.8) is 0 Å². The Morgan fingerprint density at radius 2 is 1.90 bits per heavy atom. The quantitative estimate of drug-likeness (QED) is 0.698. The average molecular weight is 410 g/mol. The zero-order valence-electron chi connectivity index (χ0n) is 15.7. The molecule has 0 spiro atoms. The third-order valence-corrected chi connectivity index (χ3v) is 5.87. The number of ether oxygens (including phenoxy) is 2. The molecule has 0 saturated carbocycles. The van der Waals surface area contributed by atoms with Crippen LogP contribution in [0.4, 0.5) is 5.82 Å². The topological polar surface area (TPSA) is 77.7 Å². The van der Waals surface area contributed by atoms with E-state index < -0.39 is 0 Å². The van der Waals surface area contributed by atoms with Gasteiger partial charge in [-0.15, -0.1) is 0 Å². The fourth-order valence-corrected chi connectivity index (χ4v) is 4.20. The number of hydrogen-bond acceptors (Lipinski definition) is 5. The molecule has 1 amide bonds. The Labute approximate surface area is 173 Å². The summed E-state index contributed by atoms with van der Waals surface area (Å²) in [6.45, 7) is 2.46. The summed E-state index contributed by atoms with van der Waals surface area (Å²) in [5.74, 6) is 0.472. The van der Waals surface area contributed by atoms with Crippen molar-refractivity contribution in [1.29, 1.82) is 0 Å². The Kier molecular flexibility index (Phi) is 4.62. The molecule has 1 atom stereocenters. The second kappa shape index (κ2) is 7.30. The maximum atomic E-state index is 13.4. The van der Waals surface area contributed by atoms with Crippen LogP contribution in [0.2, 0.25) is 5.02 Å². The molecule has 7 heteroatoms. The van der Waals surface area contributed by atoms with Gasteiger partial charge in [-0.05, 0) is 41.5 Å². The van der Waals surface area contributed by atoms with Gasteiger partial charge in [0.2, 0.25) is 0 Å². The molecule has 3 heterocycles. The van der Waals surface area contributed by atoms with E-state index in [4.69, 9.17) is 26.8 Å². The monoisotopic (exact) mass is 409 g/mol. The number of aromatic nitrogens is 1. The number of carbonyl (C=O) groups excluding carboxylic acids is 1. The Morgan fingerprint density at radius 1 is 1.10 bits per heavy atom. The molecule has 5 rings (SSSR count). The fraction of sp³-hybridized carbons (Fsp3) is 0.273. The second-order valence-electron chi connectivity index (χ2n) is 7.32. The van der Waals surface area contributed by atoms with Crippen LogP contribution in [0, 0.1) is 0 Å². The molecule has 0 unspecified atom stereocenters. The molecule has 29 heavy (non-hydrogen) atoms. The summed E-state index contributed by atoms with van der Waals surface area (Å²) in [7, 11) is 0. The van der Waals surface area contributed by atoms with E-state index in [2.05, 4.69) is 4.98 Å². The SMILES string of the molecule is Nc1nc2ccc(C(=O)N3CCOC[C@@H]3c3ccc(Cl)cc3)cc2c2c1COC2. The molecule has 0 radical (unpaired) electrons. The molecule has 0 bridgehead atoms. The predicted octanol–water partition coefficient (Wildman–Crippen LogP) is 3.71. The van der Waals surface area contributed by atoms with E-state index in [-0.39, 0.29) is 11.9 Å². The van der Waals surface area contributed by atoms with E-state index in [1.54, 1.807) is 0 Å². The number of hydrogen-bond donors (Lipinski definition) is 1. The van der Waals surface area contributed by atoms with Gasteiger partial charge in [0.25, 0.3) is 5.91 Å². The molecular weight excluding hydrogens is 390 g/mol. The summed E-state index contributed by atoms with van der Waals surface area (Å²) < 4.78 is 11.2. The van der Waals surface area contributed by atoms with E-state index in [1.165, 1.54) is 0 Å². The summed E-state index contributed by atoms with van der Waals surface area (Å²) in [5, 5.41) is 1.59. The number of rotatable bonds is 2. The number of nitrogens with zero attached hydrogens (tertiary/aromatic N) is 2. The van der Waals surface area contributed by atoms with Gasteiger partial charge in [0.05, 0.1) is 38.0 Å². The van der Waals surface area contributed by atoms with Gasteiger partial charge in [0.1, 0.15) is 5.82 Å². The van der Waals surface area contributed by atoms with E-state index in [9.17, 15) is 4.79 Å². The Balaban J connectivity index is 1.52. The van der Waals surface area contributed by atoms with Gasteiger partial charge in [-0.2, -0.15) is 0 Å². The molecule has 2 aromatic carbocycles. The summed E-state index contributed by atoms with van der Waals surface area (Å²) in [5.41, 5.74) is 10.4. The Hall–Kier alpha value is -2.67. The zero-order valence-corrected chi connectivity index (χ0v) is 16.5. The van der Waals surface area contributed by atoms with Crippen molar-refractivity contribution in [2.75, 3.05) is 25.5 Å². The largest absolute Gasteiger partial charge is 0.383 e. The van der Waals surface area contributed by atoms with Crippen LogP contribution >= 0.6 is 11.6 Å². The Bertz CT molecular complexity index is 1100. The van der Waals surface area contributed by atoms with Gasteiger partial charge >= 0.3 is 0 Å². The molecule has 2 aliphatic rings. The lowest BCUT2D eigenvalue weighted by Gasteiger charge is -2.36. The first-order valence-corrected chi connectivity index (χ1v) is 9.92. The summed E-state index contributed by atoms with van der Waals surface area (Å²) >= 11 is 6.02. The Morgan fingerprint density at radius 3 is 2.72 bits per heavy atom. The van der Waals surface area contributed by atoms with Crippen molar-refractivity contribution in [1.82, 2.24) is 9.88 Å². The lowest BCUT2D eigenvalue weighted by Crippen LogP contribution is -2.43. The zero-order chi connectivity index (χ0) is 20.0. The molecule has 2 N–H and O–H groups in total. The summed E-state index contributed by atoms with van der Waals surface area (Å²) in [6.07, 6.45) is 0. The molecule has 2 aliphatic heterocycles. The minimum atomic E-state index is -0.150. The van der Waals surface area contributed by atoms with Gasteiger partial charge < -0.3 is 20.1 Å². The summed E-state index contributed by atoms with van der Waals surface area (Å²) in [4.78, 5) is 19.8. The number of morpholine rings is 1. The molecule has 1 aromatic heterocycles. The third-order valence-electron chi connectivity index (χ3n) is 5.62. The summed E-state index contributed by atoms with van der Waals surface area (Å²) in [6, 6.07) is 13.0. The normalized spacial score (nSPS) is 18.8. The van der Waals surface area contributed by atoms with Gasteiger partial charge in [0.15, 0.2) is 0 Å². The minimum absolute atomic E-state index is 0.0281. The van der Waals surface area contributed by atoms with Crippen molar-refractivity contribution >= 4 is 34.2 Å². The first kappa shape index (κ1) is 18.4. The number of pyridine rings is 1. The van der Waals surface area contributed by atoms with E-state index in [0.29, 0.717) is 49.4 Å². The minimum Gasteiger partial charge on any atom is -0.383 e.